The molecule has 1 unspecified atom stereocenters. The van der Waals surface area contributed by atoms with Gasteiger partial charge in [0.1, 0.15) is 6.04 Å². The first kappa shape index (κ1) is 20.7. The number of primary sulfonamides is 1. The van der Waals surface area contributed by atoms with Gasteiger partial charge in [0.2, 0.25) is 26.0 Å². The highest BCUT2D eigenvalue weighted by Gasteiger charge is 2.39. The van der Waals surface area contributed by atoms with Crippen LogP contribution in [0.3, 0.4) is 0 Å². The predicted molar refractivity (Wildman–Crippen MR) is 105 cm³/mol. The number of sulfonamides is 2. The number of benzene rings is 2. The average Bonchev–Trinajstić information content (AvgIpc) is 3.12. The van der Waals surface area contributed by atoms with Gasteiger partial charge in [0, 0.05) is 17.3 Å². The van der Waals surface area contributed by atoms with E-state index in [4.69, 9.17) is 16.7 Å². The molecule has 1 aliphatic rings. The number of nitrogens with two attached hydrogens (primary N) is 1. The van der Waals surface area contributed by atoms with E-state index in [1.807, 2.05) is 0 Å². The quantitative estimate of drug-likeness (QED) is 0.728. The first-order valence-corrected chi connectivity index (χ1v) is 11.7. The van der Waals surface area contributed by atoms with Crippen LogP contribution in [0.25, 0.3) is 0 Å². The van der Waals surface area contributed by atoms with Gasteiger partial charge in [-0.3, -0.25) is 4.79 Å². The van der Waals surface area contributed by atoms with Gasteiger partial charge in [-0.25, -0.2) is 22.0 Å². The van der Waals surface area contributed by atoms with Crippen LogP contribution in [0, 0.1) is 0 Å². The molecular formula is C17H18ClN3O5S2. The maximum Gasteiger partial charge on any atom is 0.243 e. The van der Waals surface area contributed by atoms with Gasteiger partial charge in [-0.1, -0.05) is 11.6 Å². The number of carbonyl (C=O) groups excluding carboxylic acids is 1. The fourth-order valence-electron chi connectivity index (χ4n) is 2.99. The van der Waals surface area contributed by atoms with Crippen molar-refractivity contribution in [1.29, 1.82) is 0 Å². The minimum absolute atomic E-state index is 0.0640. The molecule has 2 aromatic carbocycles. The summed E-state index contributed by atoms with van der Waals surface area (Å²) in [5.41, 5.74) is 0.341. The van der Waals surface area contributed by atoms with Crippen molar-refractivity contribution in [3.05, 3.63) is 53.6 Å². The minimum atomic E-state index is -3.85. The third-order valence-corrected chi connectivity index (χ3v) is 7.48. The highest BCUT2D eigenvalue weighted by Crippen LogP contribution is 2.28. The molecule has 0 aromatic heterocycles. The molecule has 0 saturated carbocycles. The van der Waals surface area contributed by atoms with Crippen LogP contribution in [-0.4, -0.2) is 39.6 Å². The van der Waals surface area contributed by atoms with Crippen molar-refractivity contribution in [2.75, 3.05) is 11.9 Å². The van der Waals surface area contributed by atoms with E-state index >= 15 is 0 Å². The van der Waals surface area contributed by atoms with Crippen molar-refractivity contribution in [3.63, 3.8) is 0 Å². The van der Waals surface area contributed by atoms with E-state index < -0.39 is 32.0 Å². The molecule has 1 heterocycles. The lowest BCUT2D eigenvalue weighted by Crippen LogP contribution is -2.43. The second kappa shape index (κ2) is 7.80. The van der Waals surface area contributed by atoms with Crippen molar-refractivity contribution in [1.82, 2.24) is 4.31 Å². The van der Waals surface area contributed by atoms with Crippen LogP contribution < -0.4 is 10.5 Å². The zero-order valence-corrected chi connectivity index (χ0v) is 17.0. The van der Waals surface area contributed by atoms with Gasteiger partial charge in [-0.2, -0.15) is 4.31 Å². The number of amides is 1. The van der Waals surface area contributed by atoms with Crippen molar-refractivity contribution < 1.29 is 21.6 Å². The number of hydrogen-bond donors (Lipinski definition) is 2. The number of halogens is 1. The minimum Gasteiger partial charge on any atom is -0.325 e. The Morgan fingerprint density at radius 1 is 1.00 bits per heavy atom. The second-order valence-corrected chi connectivity index (χ2v) is 10.2. The molecule has 0 spiro atoms. The van der Waals surface area contributed by atoms with Crippen molar-refractivity contribution in [2.45, 2.75) is 28.7 Å². The monoisotopic (exact) mass is 443 g/mol. The zero-order chi connectivity index (χ0) is 20.5. The zero-order valence-electron chi connectivity index (χ0n) is 14.6. The number of carbonyl (C=O) groups is 1. The molecule has 2 aromatic rings. The highest BCUT2D eigenvalue weighted by molar-refractivity contribution is 7.89. The summed E-state index contributed by atoms with van der Waals surface area (Å²) in [5, 5.41) is 8.08. The summed E-state index contributed by atoms with van der Waals surface area (Å²) >= 11 is 5.81. The van der Waals surface area contributed by atoms with E-state index in [2.05, 4.69) is 5.32 Å². The summed E-state index contributed by atoms with van der Waals surface area (Å²) in [6.45, 7) is 0.230. The highest BCUT2D eigenvalue weighted by atomic mass is 35.5. The number of anilines is 1. The summed E-state index contributed by atoms with van der Waals surface area (Å²) < 4.78 is 49.5. The SMILES string of the molecule is NS(=O)(=O)c1ccc(NC(=O)C2CCCN2S(=O)(=O)c2ccc(Cl)cc2)cc1. The van der Waals surface area contributed by atoms with Gasteiger partial charge in [0.05, 0.1) is 9.79 Å². The Hall–Kier alpha value is -1.98. The largest absolute Gasteiger partial charge is 0.325 e. The smallest absolute Gasteiger partial charge is 0.243 e. The van der Waals surface area contributed by atoms with E-state index in [1.165, 1.54) is 52.8 Å². The van der Waals surface area contributed by atoms with Gasteiger partial charge in [0.15, 0.2) is 0 Å². The molecule has 1 aliphatic heterocycles. The lowest BCUT2D eigenvalue weighted by molar-refractivity contribution is -0.119. The summed E-state index contributed by atoms with van der Waals surface area (Å²) in [6.07, 6.45) is 0.934. The Morgan fingerprint density at radius 2 is 1.57 bits per heavy atom. The van der Waals surface area contributed by atoms with E-state index in [-0.39, 0.29) is 16.3 Å². The van der Waals surface area contributed by atoms with E-state index in [0.717, 1.165) is 0 Å². The Labute approximate surface area is 168 Å². The lowest BCUT2D eigenvalue weighted by Gasteiger charge is -2.23. The molecule has 8 nitrogen and oxygen atoms in total. The van der Waals surface area contributed by atoms with Crippen LogP contribution in [-0.2, 0) is 24.8 Å². The van der Waals surface area contributed by atoms with Gasteiger partial charge < -0.3 is 5.32 Å². The Kier molecular flexibility index (Phi) is 5.78. The summed E-state index contributed by atoms with van der Waals surface area (Å²) in [6, 6.07) is 10.2. The first-order chi connectivity index (χ1) is 13.1. The molecule has 1 fully saturated rings. The van der Waals surface area contributed by atoms with Crippen LogP contribution >= 0.6 is 11.6 Å². The Bertz CT molecular complexity index is 1080. The topological polar surface area (TPSA) is 127 Å². The summed E-state index contributed by atoms with van der Waals surface area (Å²) in [5.74, 6) is -0.488. The molecule has 3 rings (SSSR count). The average molecular weight is 444 g/mol. The van der Waals surface area contributed by atoms with Gasteiger partial charge >= 0.3 is 0 Å². The predicted octanol–water partition coefficient (Wildman–Crippen LogP) is 1.78. The van der Waals surface area contributed by atoms with Crippen LogP contribution in [0.4, 0.5) is 5.69 Å². The second-order valence-electron chi connectivity index (χ2n) is 6.29. The molecule has 0 radical (unpaired) electrons. The third-order valence-electron chi connectivity index (χ3n) is 4.38. The molecule has 1 saturated heterocycles. The molecule has 3 N–H and O–H groups in total. The van der Waals surface area contributed by atoms with Gasteiger partial charge in [-0.15, -0.1) is 0 Å². The van der Waals surface area contributed by atoms with Gasteiger partial charge in [0.25, 0.3) is 0 Å². The van der Waals surface area contributed by atoms with Crippen molar-refractivity contribution >= 4 is 43.2 Å². The normalized spacial score (nSPS) is 18.1. The van der Waals surface area contributed by atoms with E-state index in [1.54, 1.807) is 0 Å². The fourth-order valence-corrected chi connectivity index (χ4v) is 5.28. The molecule has 28 heavy (non-hydrogen) atoms. The van der Waals surface area contributed by atoms with E-state index in [0.29, 0.717) is 23.6 Å². The summed E-state index contributed by atoms with van der Waals surface area (Å²) in [7, 11) is -7.69. The van der Waals surface area contributed by atoms with Crippen LogP contribution in [0.15, 0.2) is 58.3 Å². The lowest BCUT2D eigenvalue weighted by atomic mass is 10.2. The number of nitrogens with zero attached hydrogens (tertiary/aromatic N) is 1. The maximum absolute atomic E-state index is 12.9. The van der Waals surface area contributed by atoms with Crippen LogP contribution in [0.1, 0.15) is 12.8 Å². The fraction of sp³-hybridized carbons (Fsp3) is 0.235. The first-order valence-electron chi connectivity index (χ1n) is 8.30. The van der Waals surface area contributed by atoms with Crippen molar-refractivity contribution in [3.8, 4) is 0 Å². The third kappa shape index (κ3) is 4.36. The molecule has 1 atom stereocenters. The Balaban J connectivity index is 1.78. The van der Waals surface area contributed by atoms with Crippen LogP contribution in [0.2, 0.25) is 5.02 Å². The molecular weight excluding hydrogens is 426 g/mol. The standard InChI is InChI=1S/C17H18ClN3O5S2/c18-12-3-7-15(8-4-12)28(25,26)21-11-1-2-16(21)17(22)20-13-5-9-14(10-6-13)27(19,23)24/h3-10,16H,1-2,11H2,(H,20,22)(H2,19,23,24). The molecule has 0 aliphatic carbocycles. The van der Waals surface area contributed by atoms with E-state index in [9.17, 15) is 21.6 Å². The van der Waals surface area contributed by atoms with Crippen molar-refractivity contribution in [2.24, 2.45) is 5.14 Å². The van der Waals surface area contributed by atoms with Crippen LogP contribution in [0.5, 0.6) is 0 Å². The molecule has 150 valence electrons. The molecule has 0 bridgehead atoms. The number of rotatable bonds is 5. The maximum atomic E-state index is 12.9. The number of nitrogens with one attached hydrogen (secondary N) is 1. The Morgan fingerprint density at radius 3 is 2.14 bits per heavy atom. The van der Waals surface area contributed by atoms with Gasteiger partial charge in [-0.05, 0) is 61.4 Å². The molecule has 11 heteroatoms. The number of hydrogen-bond acceptors (Lipinski definition) is 5. The summed E-state index contributed by atoms with van der Waals surface area (Å²) in [4.78, 5) is 12.6. The molecule has 1 amide bonds.